The van der Waals surface area contributed by atoms with Gasteiger partial charge in [-0.3, -0.25) is 4.79 Å². The Balaban J connectivity index is 2.53. The van der Waals surface area contributed by atoms with Gasteiger partial charge in [0.25, 0.3) is 0 Å². The zero-order chi connectivity index (χ0) is 10.1. The Morgan fingerprint density at radius 1 is 1.38 bits per heavy atom. The van der Waals surface area contributed by atoms with Crippen molar-refractivity contribution in [3.05, 3.63) is 12.2 Å². The molecule has 1 heterocycles. The number of carbonyl (C=O) groups excluding carboxylic acids is 1. The minimum atomic E-state index is -0.266. The minimum Gasteiger partial charge on any atom is -0.379 e. The highest BCUT2D eigenvalue weighted by molar-refractivity contribution is 5.93. The quantitative estimate of drug-likeness (QED) is 0.612. The number of ketones is 1. The molecule has 1 saturated heterocycles. The lowest BCUT2D eigenvalue weighted by atomic mass is 9.85. The van der Waals surface area contributed by atoms with E-state index in [0.29, 0.717) is 0 Å². The van der Waals surface area contributed by atoms with E-state index in [1.54, 1.807) is 6.08 Å². The van der Waals surface area contributed by atoms with Crippen molar-refractivity contribution in [3.8, 4) is 0 Å². The molecule has 0 radical (unpaired) electrons. The smallest absolute Gasteiger partial charge is 0.160 e. The van der Waals surface area contributed by atoms with Gasteiger partial charge in [0.1, 0.15) is 0 Å². The molecule has 0 aromatic carbocycles. The van der Waals surface area contributed by atoms with E-state index in [2.05, 4.69) is 6.92 Å². The molecule has 0 N–H and O–H groups in total. The molecule has 2 heteroatoms. The first kappa shape index (κ1) is 10.5. The van der Waals surface area contributed by atoms with Crippen LogP contribution in [0.2, 0.25) is 0 Å². The van der Waals surface area contributed by atoms with Gasteiger partial charge in [0.2, 0.25) is 0 Å². The molecule has 0 unspecified atom stereocenters. The van der Waals surface area contributed by atoms with Crippen LogP contribution < -0.4 is 0 Å². The van der Waals surface area contributed by atoms with E-state index >= 15 is 0 Å². The Morgan fingerprint density at radius 3 is 2.23 bits per heavy atom. The van der Waals surface area contributed by atoms with Crippen LogP contribution in [0.1, 0.15) is 27.7 Å². The predicted molar refractivity (Wildman–Crippen MR) is 52.5 cm³/mol. The highest BCUT2D eigenvalue weighted by atomic mass is 16.5. The summed E-state index contributed by atoms with van der Waals surface area (Å²) in [7, 11) is 0. The maximum atomic E-state index is 11.5. The number of hydrogen-bond acceptors (Lipinski definition) is 2. The topological polar surface area (TPSA) is 26.3 Å². The van der Waals surface area contributed by atoms with Gasteiger partial charge in [-0.25, -0.2) is 0 Å². The molecule has 0 atom stereocenters. The first-order chi connectivity index (χ1) is 5.83. The maximum Gasteiger partial charge on any atom is 0.160 e. The number of allylic oxidation sites excluding steroid dienone is 1. The maximum absolute atomic E-state index is 11.5. The average molecular weight is 182 g/mol. The largest absolute Gasteiger partial charge is 0.379 e. The van der Waals surface area contributed by atoms with Crippen LogP contribution in [-0.2, 0) is 9.53 Å². The van der Waals surface area contributed by atoms with Crippen LogP contribution in [0.5, 0.6) is 0 Å². The van der Waals surface area contributed by atoms with Gasteiger partial charge < -0.3 is 4.74 Å². The van der Waals surface area contributed by atoms with Gasteiger partial charge >= 0.3 is 0 Å². The lowest BCUT2D eigenvalue weighted by Gasteiger charge is -2.35. The average Bonchev–Trinajstić information content (AvgIpc) is 1.94. The van der Waals surface area contributed by atoms with E-state index in [-0.39, 0.29) is 16.6 Å². The number of ether oxygens (including phenoxy) is 1. The summed E-state index contributed by atoms with van der Waals surface area (Å²) in [6.45, 7) is 9.36. The first-order valence-corrected chi connectivity index (χ1v) is 4.65. The predicted octanol–water partition coefficient (Wildman–Crippen LogP) is 2.19. The second kappa shape index (κ2) is 3.26. The summed E-state index contributed by atoms with van der Waals surface area (Å²) in [5.41, 5.74) is -0.168. The molecule has 0 aliphatic carbocycles. The Hall–Kier alpha value is -0.630. The van der Waals surface area contributed by atoms with Gasteiger partial charge in [0.15, 0.2) is 5.78 Å². The molecular formula is C11H18O2. The van der Waals surface area contributed by atoms with Crippen molar-refractivity contribution in [3.63, 3.8) is 0 Å². The fourth-order valence-electron chi connectivity index (χ4n) is 1.05. The Labute approximate surface area is 80.0 Å². The zero-order valence-corrected chi connectivity index (χ0v) is 8.89. The zero-order valence-electron chi connectivity index (χ0n) is 8.89. The van der Waals surface area contributed by atoms with Crippen molar-refractivity contribution in [2.75, 3.05) is 13.2 Å². The summed E-state index contributed by atoms with van der Waals surface area (Å²) in [6, 6.07) is 0. The van der Waals surface area contributed by atoms with Crippen molar-refractivity contribution in [2.45, 2.75) is 27.7 Å². The van der Waals surface area contributed by atoms with Crippen LogP contribution in [0.4, 0.5) is 0 Å². The van der Waals surface area contributed by atoms with Crippen molar-refractivity contribution in [2.24, 2.45) is 10.8 Å². The van der Waals surface area contributed by atoms with Crippen LogP contribution in [-0.4, -0.2) is 19.0 Å². The van der Waals surface area contributed by atoms with Crippen molar-refractivity contribution in [1.29, 1.82) is 0 Å². The number of carbonyl (C=O) groups is 1. The molecular weight excluding hydrogens is 164 g/mol. The van der Waals surface area contributed by atoms with Gasteiger partial charge in [-0.15, -0.1) is 0 Å². The van der Waals surface area contributed by atoms with Crippen LogP contribution in [0.3, 0.4) is 0 Å². The van der Waals surface area contributed by atoms with Gasteiger partial charge in [0, 0.05) is 10.8 Å². The molecule has 2 nitrogen and oxygen atoms in total. The monoisotopic (exact) mass is 182 g/mol. The molecule has 0 aromatic heterocycles. The van der Waals surface area contributed by atoms with Crippen LogP contribution in [0.25, 0.3) is 0 Å². The third-order valence-corrected chi connectivity index (χ3v) is 2.24. The van der Waals surface area contributed by atoms with Gasteiger partial charge in [-0.05, 0) is 6.08 Å². The van der Waals surface area contributed by atoms with Gasteiger partial charge in [-0.1, -0.05) is 33.8 Å². The third kappa shape index (κ3) is 2.66. The Bertz CT molecular complexity index is 229. The molecule has 0 amide bonds. The number of rotatable bonds is 2. The Morgan fingerprint density at radius 2 is 1.92 bits per heavy atom. The fraction of sp³-hybridized carbons (Fsp3) is 0.727. The minimum absolute atomic E-state index is 0.0981. The molecule has 1 rings (SSSR count). The van der Waals surface area contributed by atoms with E-state index in [1.165, 1.54) is 0 Å². The lowest BCUT2D eigenvalue weighted by molar-refractivity contribution is -0.121. The molecule has 1 fully saturated rings. The molecule has 0 saturated carbocycles. The van der Waals surface area contributed by atoms with Gasteiger partial charge in [-0.2, -0.15) is 0 Å². The summed E-state index contributed by atoms with van der Waals surface area (Å²) in [6.07, 6.45) is 3.67. The van der Waals surface area contributed by atoms with E-state index < -0.39 is 0 Å². The molecule has 1 aliphatic rings. The van der Waals surface area contributed by atoms with Crippen LogP contribution >= 0.6 is 0 Å². The Kier molecular flexibility index (Phi) is 2.62. The molecule has 0 spiro atoms. The second-order valence-electron chi connectivity index (χ2n) is 5.09. The number of hydrogen-bond donors (Lipinski definition) is 0. The van der Waals surface area contributed by atoms with Crippen LogP contribution in [0, 0.1) is 10.8 Å². The van der Waals surface area contributed by atoms with Crippen molar-refractivity contribution < 1.29 is 9.53 Å². The highest BCUT2D eigenvalue weighted by Gasteiger charge is 2.31. The standard InChI is InChI=1S/C11H18O2/c1-10(2,3)9(12)5-6-11(4)7-13-8-11/h5-6H,7-8H2,1-4H3/b6-5+. The van der Waals surface area contributed by atoms with Crippen molar-refractivity contribution in [1.82, 2.24) is 0 Å². The first-order valence-electron chi connectivity index (χ1n) is 4.65. The molecule has 0 aromatic rings. The highest BCUT2D eigenvalue weighted by Crippen LogP contribution is 2.28. The molecule has 74 valence electrons. The SMILES string of the molecule is CC1(/C=C/C(=O)C(C)(C)C)COC1. The van der Waals surface area contributed by atoms with Gasteiger partial charge in [0.05, 0.1) is 13.2 Å². The summed E-state index contributed by atoms with van der Waals surface area (Å²) >= 11 is 0. The fourth-order valence-corrected chi connectivity index (χ4v) is 1.05. The van der Waals surface area contributed by atoms with Crippen molar-refractivity contribution >= 4 is 5.78 Å². The summed E-state index contributed by atoms with van der Waals surface area (Å²) in [5, 5.41) is 0. The van der Waals surface area contributed by atoms with E-state index in [9.17, 15) is 4.79 Å². The summed E-state index contributed by atoms with van der Waals surface area (Å²) < 4.78 is 5.09. The normalized spacial score (nSPS) is 21.5. The molecule has 1 aliphatic heterocycles. The summed E-state index contributed by atoms with van der Waals surface area (Å²) in [5.74, 6) is 0.181. The molecule has 13 heavy (non-hydrogen) atoms. The van der Waals surface area contributed by atoms with E-state index in [4.69, 9.17) is 4.74 Å². The third-order valence-electron chi connectivity index (χ3n) is 2.24. The summed E-state index contributed by atoms with van der Waals surface area (Å²) in [4.78, 5) is 11.5. The van der Waals surface area contributed by atoms with E-state index in [0.717, 1.165) is 13.2 Å². The second-order valence-corrected chi connectivity index (χ2v) is 5.09. The lowest BCUT2D eigenvalue weighted by Crippen LogP contribution is -2.38. The van der Waals surface area contributed by atoms with E-state index in [1.807, 2.05) is 26.8 Å². The van der Waals surface area contributed by atoms with Crippen LogP contribution in [0.15, 0.2) is 12.2 Å². The molecule has 0 bridgehead atoms.